The van der Waals surface area contributed by atoms with Crippen molar-refractivity contribution in [1.82, 2.24) is 9.47 Å². The quantitative estimate of drug-likeness (QED) is 0.937. The van der Waals surface area contributed by atoms with Crippen molar-refractivity contribution in [3.05, 3.63) is 36.0 Å². The van der Waals surface area contributed by atoms with Gasteiger partial charge in [-0.25, -0.2) is 0 Å². The molecular weight excluding hydrogens is 264 g/mol. The molecule has 1 saturated heterocycles. The van der Waals surface area contributed by atoms with E-state index in [1.54, 1.807) is 4.90 Å². The molecule has 0 saturated carbocycles. The first-order valence-corrected chi connectivity index (χ1v) is 7.57. The van der Waals surface area contributed by atoms with E-state index in [1.165, 1.54) is 0 Å². The number of aliphatic hydroxyl groups is 1. The molecule has 1 aliphatic rings. The van der Waals surface area contributed by atoms with Crippen LogP contribution in [0, 0.1) is 6.92 Å². The Kier molecular flexibility index (Phi) is 3.49. The van der Waals surface area contributed by atoms with E-state index in [-0.39, 0.29) is 5.91 Å². The highest BCUT2D eigenvalue weighted by Gasteiger charge is 2.42. The third-order valence-electron chi connectivity index (χ3n) is 4.35. The Bertz CT molecular complexity index is 668. The minimum Gasteiger partial charge on any atom is -0.386 e. The number of hydrogen-bond acceptors (Lipinski definition) is 2. The topological polar surface area (TPSA) is 45.5 Å². The normalized spacial score (nSPS) is 17.0. The lowest BCUT2D eigenvalue weighted by Gasteiger charge is -2.46. The summed E-state index contributed by atoms with van der Waals surface area (Å²) < 4.78 is 2.05. The van der Waals surface area contributed by atoms with Gasteiger partial charge in [0, 0.05) is 11.2 Å². The number of β-amino-alcohol motifs (C(OH)–C–C–N with tert-alkyl or cyclic N) is 1. The average Bonchev–Trinajstić information content (AvgIpc) is 2.73. The summed E-state index contributed by atoms with van der Waals surface area (Å²) in [6.07, 6.45) is 1.71. The van der Waals surface area contributed by atoms with E-state index in [9.17, 15) is 9.90 Å². The van der Waals surface area contributed by atoms with E-state index in [0.717, 1.165) is 29.4 Å². The van der Waals surface area contributed by atoms with Crippen molar-refractivity contribution in [2.24, 2.45) is 0 Å². The van der Waals surface area contributed by atoms with E-state index in [2.05, 4.69) is 23.6 Å². The number of likely N-dealkylation sites (tertiary alicyclic amines) is 1. The number of hydrogen-bond donors (Lipinski definition) is 1. The van der Waals surface area contributed by atoms with Gasteiger partial charge in [-0.2, -0.15) is 0 Å². The minimum atomic E-state index is -0.655. The minimum absolute atomic E-state index is 0.0835. The van der Waals surface area contributed by atoms with Gasteiger partial charge in [0.05, 0.1) is 18.7 Å². The van der Waals surface area contributed by atoms with Crippen molar-refractivity contribution in [3.63, 3.8) is 0 Å². The van der Waals surface area contributed by atoms with Gasteiger partial charge in [-0.3, -0.25) is 4.79 Å². The average molecular weight is 286 g/mol. The van der Waals surface area contributed by atoms with E-state index in [1.807, 2.05) is 25.1 Å². The molecule has 112 valence electrons. The highest BCUT2D eigenvalue weighted by atomic mass is 16.3. The molecule has 21 heavy (non-hydrogen) atoms. The summed E-state index contributed by atoms with van der Waals surface area (Å²) in [5.74, 6) is 0.0835. The Balaban J connectivity index is 1.72. The third-order valence-corrected chi connectivity index (χ3v) is 4.35. The molecule has 0 spiro atoms. The van der Waals surface area contributed by atoms with Gasteiger partial charge in [0.25, 0.3) is 0 Å². The van der Waals surface area contributed by atoms with Crippen molar-refractivity contribution in [1.29, 1.82) is 0 Å². The predicted molar refractivity (Wildman–Crippen MR) is 83.1 cm³/mol. The van der Waals surface area contributed by atoms with Crippen LogP contribution in [-0.4, -0.2) is 39.2 Å². The van der Waals surface area contributed by atoms with Crippen LogP contribution in [0.25, 0.3) is 10.9 Å². The Labute approximate surface area is 125 Å². The Hall–Kier alpha value is -1.81. The second-order valence-electron chi connectivity index (χ2n) is 6.15. The SMILES string of the molecule is CCCC1(O)CN(C(=O)Cn2c(C)cc3ccccc32)C1. The number of fused-ring (bicyclic) bond motifs is 1. The molecule has 0 bridgehead atoms. The maximum Gasteiger partial charge on any atom is 0.242 e. The van der Waals surface area contributed by atoms with Gasteiger partial charge >= 0.3 is 0 Å². The van der Waals surface area contributed by atoms with Crippen molar-refractivity contribution in [2.45, 2.75) is 38.8 Å². The number of aromatic nitrogens is 1. The number of amides is 1. The standard InChI is InChI=1S/C17H22N2O2/c1-3-8-17(21)11-18(12-17)16(20)10-19-13(2)9-14-6-4-5-7-15(14)19/h4-7,9,21H,3,8,10-12H2,1-2H3. The van der Waals surface area contributed by atoms with Crippen molar-refractivity contribution >= 4 is 16.8 Å². The molecule has 3 rings (SSSR count). The van der Waals surface area contributed by atoms with Gasteiger partial charge in [0.15, 0.2) is 0 Å². The van der Waals surface area contributed by atoms with Gasteiger partial charge in [0.2, 0.25) is 5.91 Å². The zero-order valence-electron chi connectivity index (χ0n) is 12.7. The van der Waals surface area contributed by atoms with E-state index >= 15 is 0 Å². The molecule has 1 aliphatic heterocycles. The summed E-state index contributed by atoms with van der Waals surface area (Å²) >= 11 is 0. The monoisotopic (exact) mass is 286 g/mol. The first kappa shape index (κ1) is 14.1. The van der Waals surface area contributed by atoms with Gasteiger partial charge in [-0.1, -0.05) is 31.5 Å². The molecule has 0 unspecified atom stereocenters. The Morgan fingerprint density at radius 3 is 2.76 bits per heavy atom. The molecule has 1 aromatic carbocycles. The Morgan fingerprint density at radius 1 is 1.33 bits per heavy atom. The van der Waals surface area contributed by atoms with Crippen molar-refractivity contribution in [3.8, 4) is 0 Å². The fourth-order valence-corrected chi connectivity index (χ4v) is 3.26. The molecule has 2 aromatic rings. The van der Waals surface area contributed by atoms with Crippen LogP contribution in [0.15, 0.2) is 30.3 Å². The lowest BCUT2D eigenvalue weighted by molar-refractivity contribution is -0.157. The molecule has 1 amide bonds. The van der Waals surface area contributed by atoms with Gasteiger partial charge in [0.1, 0.15) is 6.54 Å². The maximum absolute atomic E-state index is 12.4. The molecule has 0 atom stereocenters. The number of benzene rings is 1. The first-order valence-electron chi connectivity index (χ1n) is 7.57. The van der Waals surface area contributed by atoms with E-state index in [4.69, 9.17) is 0 Å². The van der Waals surface area contributed by atoms with E-state index < -0.39 is 5.60 Å². The van der Waals surface area contributed by atoms with Crippen LogP contribution >= 0.6 is 0 Å². The van der Waals surface area contributed by atoms with Crippen molar-refractivity contribution < 1.29 is 9.90 Å². The maximum atomic E-state index is 12.4. The Morgan fingerprint density at radius 2 is 2.05 bits per heavy atom. The van der Waals surface area contributed by atoms with Crippen LogP contribution in [0.4, 0.5) is 0 Å². The van der Waals surface area contributed by atoms with E-state index in [0.29, 0.717) is 19.6 Å². The first-order chi connectivity index (χ1) is 10.0. The van der Waals surface area contributed by atoms with Gasteiger partial charge < -0.3 is 14.6 Å². The van der Waals surface area contributed by atoms with Crippen LogP contribution in [0.3, 0.4) is 0 Å². The third kappa shape index (κ3) is 2.56. The summed E-state index contributed by atoms with van der Waals surface area (Å²) in [4.78, 5) is 14.1. The summed E-state index contributed by atoms with van der Waals surface area (Å²) in [5, 5.41) is 11.3. The lowest BCUT2D eigenvalue weighted by Crippen LogP contribution is -2.63. The largest absolute Gasteiger partial charge is 0.386 e. The molecule has 1 aromatic heterocycles. The zero-order chi connectivity index (χ0) is 15.0. The smallest absolute Gasteiger partial charge is 0.242 e. The second-order valence-corrected chi connectivity index (χ2v) is 6.15. The molecule has 1 N–H and O–H groups in total. The molecule has 0 radical (unpaired) electrons. The van der Waals surface area contributed by atoms with Crippen LogP contribution in [0.2, 0.25) is 0 Å². The highest BCUT2D eigenvalue weighted by Crippen LogP contribution is 2.27. The zero-order valence-corrected chi connectivity index (χ0v) is 12.7. The number of nitrogens with zero attached hydrogens (tertiary/aromatic N) is 2. The van der Waals surface area contributed by atoms with Crippen LogP contribution in [0.1, 0.15) is 25.5 Å². The molecule has 2 heterocycles. The van der Waals surface area contributed by atoms with Gasteiger partial charge in [-0.05, 0) is 30.9 Å². The number of aryl methyl sites for hydroxylation is 1. The number of carbonyl (C=O) groups excluding carboxylic acids is 1. The lowest BCUT2D eigenvalue weighted by atomic mass is 9.89. The highest BCUT2D eigenvalue weighted by molar-refractivity contribution is 5.84. The fourth-order valence-electron chi connectivity index (χ4n) is 3.26. The summed E-state index contributed by atoms with van der Waals surface area (Å²) in [6.45, 7) is 5.37. The predicted octanol–water partition coefficient (Wildman–Crippen LogP) is 2.32. The molecule has 4 heteroatoms. The fraction of sp³-hybridized carbons (Fsp3) is 0.471. The summed E-state index contributed by atoms with van der Waals surface area (Å²) in [7, 11) is 0. The number of carbonyl (C=O) groups is 1. The number of para-hydroxylation sites is 1. The molecular formula is C17H22N2O2. The molecule has 0 aliphatic carbocycles. The second kappa shape index (κ2) is 5.19. The van der Waals surface area contributed by atoms with Crippen LogP contribution in [-0.2, 0) is 11.3 Å². The van der Waals surface area contributed by atoms with Crippen LogP contribution < -0.4 is 0 Å². The van der Waals surface area contributed by atoms with Gasteiger partial charge in [-0.15, -0.1) is 0 Å². The molecule has 4 nitrogen and oxygen atoms in total. The van der Waals surface area contributed by atoms with Crippen molar-refractivity contribution in [2.75, 3.05) is 13.1 Å². The number of rotatable bonds is 4. The van der Waals surface area contributed by atoms with Crippen LogP contribution in [0.5, 0.6) is 0 Å². The molecule has 1 fully saturated rings. The summed E-state index contributed by atoms with van der Waals surface area (Å²) in [5.41, 5.74) is 1.53. The summed E-state index contributed by atoms with van der Waals surface area (Å²) in [6, 6.07) is 10.2.